The Labute approximate surface area is 111 Å². The number of hydrogen-bond acceptors (Lipinski definition) is 6. The molecule has 2 aromatic heterocycles. The van der Waals surface area contributed by atoms with E-state index in [1.165, 1.54) is 0 Å². The highest BCUT2D eigenvalue weighted by molar-refractivity contribution is 5.36. The van der Waals surface area contributed by atoms with Crippen LogP contribution in [-0.2, 0) is 0 Å². The molecule has 2 rings (SSSR count). The van der Waals surface area contributed by atoms with Crippen LogP contribution < -0.4 is 14.8 Å². The molecule has 19 heavy (non-hydrogen) atoms. The molecular weight excluding hydrogens is 244 g/mol. The van der Waals surface area contributed by atoms with Gasteiger partial charge in [0.25, 0.3) is 0 Å². The fourth-order valence-corrected chi connectivity index (χ4v) is 1.61. The molecule has 0 aliphatic heterocycles. The first-order chi connectivity index (χ1) is 9.22. The predicted octanol–water partition coefficient (Wildman–Crippen LogP) is 2.06. The van der Waals surface area contributed by atoms with Crippen LogP contribution in [0.5, 0.6) is 11.8 Å². The van der Waals surface area contributed by atoms with Crippen molar-refractivity contribution in [2.24, 2.45) is 0 Å². The first-order valence-corrected chi connectivity index (χ1v) is 5.86. The van der Waals surface area contributed by atoms with Crippen LogP contribution in [0.4, 0.5) is 5.95 Å². The van der Waals surface area contributed by atoms with E-state index >= 15 is 0 Å². The second-order valence-electron chi connectivity index (χ2n) is 3.92. The van der Waals surface area contributed by atoms with E-state index in [1.54, 1.807) is 32.7 Å². The van der Waals surface area contributed by atoms with E-state index in [4.69, 9.17) is 9.47 Å². The lowest BCUT2D eigenvalue weighted by atomic mass is 10.1. The van der Waals surface area contributed by atoms with E-state index in [0.29, 0.717) is 17.7 Å². The quantitative estimate of drug-likeness (QED) is 0.887. The summed E-state index contributed by atoms with van der Waals surface area (Å²) in [7, 11) is 3.11. The standard InChI is InChI=1S/C13H16N4O2/c1-9(10-4-6-14-7-5-10)15-13-16-11(18-2)8-12(17-13)19-3/h4-9H,1-3H3,(H,15,16,17). The Morgan fingerprint density at radius 1 is 1.05 bits per heavy atom. The predicted molar refractivity (Wildman–Crippen MR) is 71.4 cm³/mol. The molecule has 0 radical (unpaired) electrons. The van der Waals surface area contributed by atoms with Crippen LogP contribution in [0, 0.1) is 0 Å². The number of nitrogens with one attached hydrogen (secondary N) is 1. The average Bonchev–Trinajstić information content (AvgIpc) is 2.47. The largest absolute Gasteiger partial charge is 0.481 e. The molecule has 0 saturated heterocycles. The first-order valence-electron chi connectivity index (χ1n) is 5.86. The van der Waals surface area contributed by atoms with Crippen molar-refractivity contribution in [3.63, 3.8) is 0 Å². The van der Waals surface area contributed by atoms with Gasteiger partial charge < -0.3 is 14.8 Å². The van der Waals surface area contributed by atoms with Gasteiger partial charge in [-0.2, -0.15) is 9.97 Å². The van der Waals surface area contributed by atoms with Crippen molar-refractivity contribution in [1.29, 1.82) is 0 Å². The van der Waals surface area contributed by atoms with Crippen LogP contribution in [-0.4, -0.2) is 29.2 Å². The molecule has 6 nitrogen and oxygen atoms in total. The zero-order valence-corrected chi connectivity index (χ0v) is 11.1. The second kappa shape index (κ2) is 5.99. The van der Waals surface area contributed by atoms with Crippen LogP contribution >= 0.6 is 0 Å². The van der Waals surface area contributed by atoms with Crippen LogP contribution in [0.1, 0.15) is 18.5 Å². The van der Waals surface area contributed by atoms with Gasteiger partial charge in [0.05, 0.1) is 26.3 Å². The molecular formula is C13H16N4O2. The molecule has 0 amide bonds. The molecule has 1 unspecified atom stereocenters. The number of rotatable bonds is 5. The fraction of sp³-hybridized carbons (Fsp3) is 0.308. The average molecular weight is 260 g/mol. The molecule has 0 spiro atoms. The number of pyridine rings is 1. The highest BCUT2D eigenvalue weighted by atomic mass is 16.5. The number of aromatic nitrogens is 3. The van der Waals surface area contributed by atoms with Crippen LogP contribution in [0.3, 0.4) is 0 Å². The number of ether oxygens (including phenoxy) is 2. The molecule has 0 fully saturated rings. The Hall–Kier alpha value is -2.37. The molecule has 2 aromatic rings. The number of methoxy groups -OCH3 is 2. The van der Waals surface area contributed by atoms with Gasteiger partial charge in [0, 0.05) is 12.4 Å². The van der Waals surface area contributed by atoms with E-state index in [2.05, 4.69) is 20.3 Å². The summed E-state index contributed by atoms with van der Waals surface area (Å²) in [6.45, 7) is 2.02. The monoisotopic (exact) mass is 260 g/mol. The summed E-state index contributed by atoms with van der Waals surface area (Å²) >= 11 is 0. The maximum atomic E-state index is 5.10. The Morgan fingerprint density at radius 3 is 2.16 bits per heavy atom. The van der Waals surface area contributed by atoms with Crippen molar-refractivity contribution in [3.8, 4) is 11.8 Å². The van der Waals surface area contributed by atoms with Gasteiger partial charge in [-0.15, -0.1) is 0 Å². The first kappa shape index (κ1) is 13.1. The zero-order chi connectivity index (χ0) is 13.7. The Kier molecular flexibility index (Phi) is 4.12. The molecule has 100 valence electrons. The summed E-state index contributed by atoms with van der Waals surface area (Å²) < 4.78 is 10.2. The van der Waals surface area contributed by atoms with Gasteiger partial charge in [-0.3, -0.25) is 4.98 Å². The van der Waals surface area contributed by atoms with Crippen LogP contribution in [0.2, 0.25) is 0 Å². The Morgan fingerprint density at radius 2 is 1.63 bits per heavy atom. The van der Waals surface area contributed by atoms with E-state index in [9.17, 15) is 0 Å². The van der Waals surface area contributed by atoms with Gasteiger partial charge >= 0.3 is 0 Å². The molecule has 0 aliphatic carbocycles. The number of nitrogens with zero attached hydrogens (tertiary/aromatic N) is 3. The lowest BCUT2D eigenvalue weighted by molar-refractivity contribution is 0.372. The van der Waals surface area contributed by atoms with Crippen molar-refractivity contribution >= 4 is 5.95 Å². The van der Waals surface area contributed by atoms with Crippen molar-refractivity contribution in [2.45, 2.75) is 13.0 Å². The van der Waals surface area contributed by atoms with Crippen LogP contribution in [0.25, 0.3) is 0 Å². The van der Waals surface area contributed by atoms with E-state index in [0.717, 1.165) is 5.56 Å². The molecule has 1 atom stereocenters. The van der Waals surface area contributed by atoms with Gasteiger partial charge in [0.15, 0.2) is 0 Å². The third-order valence-corrected chi connectivity index (χ3v) is 2.65. The van der Waals surface area contributed by atoms with Gasteiger partial charge in [-0.25, -0.2) is 0 Å². The third kappa shape index (κ3) is 3.31. The lowest BCUT2D eigenvalue weighted by Gasteiger charge is -2.14. The molecule has 0 saturated carbocycles. The molecule has 2 heterocycles. The van der Waals surface area contributed by atoms with Crippen molar-refractivity contribution in [1.82, 2.24) is 15.0 Å². The topological polar surface area (TPSA) is 69.2 Å². The minimum absolute atomic E-state index is 0.0554. The summed E-state index contributed by atoms with van der Waals surface area (Å²) in [5.41, 5.74) is 1.10. The van der Waals surface area contributed by atoms with E-state index in [-0.39, 0.29) is 6.04 Å². The summed E-state index contributed by atoms with van der Waals surface area (Å²) in [5, 5.41) is 3.20. The van der Waals surface area contributed by atoms with Gasteiger partial charge in [-0.05, 0) is 24.6 Å². The summed E-state index contributed by atoms with van der Waals surface area (Å²) in [4.78, 5) is 12.4. The molecule has 0 bridgehead atoms. The minimum Gasteiger partial charge on any atom is -0.481 e. The van der Waals surface area contributed by atoms with Crippen molar-refractivity contribution in [2.75, 3.05) is 19.5 Å². The third-order valence-electron chi connectivity index (χ3n) is 2.65. The van der Waals surface area contributed by atoms with Gasteiger partial charge in [0.2, 0.25) is 17.7 Å². The van der Waals surface area contributed by atoms with Crippen molar-refractivity contribution < 1.29 is 9.47 Å². The fourth-order valence-electron chi connectivity index (χ4n) is 1.61. The summed E-state index contributed by atoms with van der Waals surface area (Å²) in [5.74, 6) is 1.37. The number of hydrogen-bond donors (Lipinski definition) is 1. The zero-order valence-electron chi connectivity index (χ0n) is 11.1. The normalized spacial score (nSPS) is 11.7. The highest BCUT2D eigenvalue weighted by Gasteiger charge is 2.09. The van der Waals surface area contributed by atoms with E-state index < -0.39 is 0 Å². The van der Waals surface area contributed by atoms with E-state index in [1.807, 2.05) is 19.1 Å². The van der Waals surface area contributed by atoms with Gasteiger partial charge in [-0.1, -0.05) is 0 Å². The molecule has 1 N–H and O–H groups in total. The lowest BCUT2D eigenvalue weighted by Crippen LogP contribution is -2.10. The van der Waals surface area contributed by atoms with Crippen molar-refractivity contribution in [3.05, 3.63) is 36.2 Å². The summed E-state index contributed by atoms with van der Waals surface area (Å²) in [6.07, 6.45) is 3.50. The highest BCUT2D eigenvalue weighted by Crippen LogP contribution is 2.21. The molecule has 0 aromatic carbocycles. The SMILES string of the molecule is COc1cc(OC)nc(NC(C)c2ccncc2)n1. The maximum Gasteiger partial charge on any atom is 0.229 e. The Bertz CT molecular complexity index is 511. The smallest absolute Gasteiger partial charge is 0.229 e. The minimum atomic E-state index is 0.0554. The maximum absolute atomic E-state index is 5.10. The van der Waals surface area contributed by atoms with Gasteiger partial charge in [0.1, 0.15) is 0 Å². The van der Waals surface area contributed by atoms with Crippen LogP contribution in [0.15, 0.2) is 30.6 Å². The molecule has 0 aliphatic rings. The number of anilines is 1. The Balaban J connectivity index is 2.18. The second-order valence-corrected chi connectivity index (χ2v) is 3.92. The molecule has 6 heteroatoms. The summed E-state index contributed by atoms with van der Waals surface area (Å²) in [6, 6.07) is 5.56.